The van der Waals surface area contributed by atoms with Crippen molar-refractivity contribution in [2.45, 2.75) is 12.4 Å². The number of benzene rings is 4. The van der Waals surface area contributed by atoms with E-state index >= 15 is 0 Å². The molecular formula is C27H20O5. The van der Waals surface area contributed by atoms with Crippen molar-refractivity contribution in [2.24, 2.45) is 0 Å². The van der Waals surface area contributed by atoms with Gasteiger partial charge in [0.2, 0.25) is 5.75 Å². The lowest BCUT2D eigenvalue weighted by Crippen LogP contribution is -2.36. The quantitative estimate of drug-likeness (QED) is 0.433. The molecule has 1 aliphatic heterocycles. The second-order valence-electron chi connectivity index (χ2n) is 7.44. The molecule has 4 aromatic carbocycles. The summed E-state index contributed by atoms with van der Waals surface area (Å²) in [5, 5.41) is 10.7. The predicted molar refractivity (Wildman–Crippen MR) is 119 cm³/mol. The van der Waals surface area contributed by atoms with Crippen LogP contribution in [0.5, 0.6) is 17.2 Å². The third kappa shape index (κ3) is 3.54. The summed E-state index contributed by atoms with van der Waals surface area (Å²) in [6.07, 6.45) is 0. The second kappa shape index (κ2) is 8.12. The number of aromatic hydroxyl groups is 1. The largest absolute Gasteiger partial charge is 0.504 e. The number of hydrogen-bond acceptors (Lipinski definition) is 5. The van der Waals surface area contributed by atoms with Crippen LogP contribution >= 0.6 is 0 Å². The number of phenolic OH excluding ortho intramolecular Hbond substituents is 1. The van der Waals surface area contributed by atoms with E-state index in [9.17, 15) is 9.90 Å². The highest BCUT2D eigenvalue weighted by Gasteiger charge is 2.46. The molecule has 5 nitrogen and oxygen atoms in total. The lowest BCUT2D eigenvalue weighted by Gasteiger charge is -2.28. The maximum Gasteiger partial charge on any atom is 0.338 e. The summed E-state index contributed by atoms with van der Waals surface area (Å²) in [4.78, 5) is 12.6. The first-order valence-corrected chi connectivity index (χ1v) is 10.2. The monoisotopic (exact) mass is 424 g/mol. The third-order valence-electron chi connectivity index (χ3n) is 5.29. The van der Waals surface area contributed by atoms with Crippen LogP contribution in [0.4, 0.5) is 0 Å². The van der Waals surface area contributed by atoms with E-state index in [4.69, 9.17) is 14.2 Å². The highest BCUT2D eigenvalue weighted by Crippen LogP contribution is 2.52. The molecule has 32 heavy (non-hydrogen) atoms. The Bertz CT molecular complexity index is 1200. The molecular weight excluding hydrogens is 404 g/mol. The first-order chi connectivity index (χ1) is 15.7. The summed E-state index contributed by atoms with van der Waals surface area (Å²) in [6, 6.07) is 31.2. The Morgan fingerprint density at radius 2 is 1.34 bits per heavy atom. The Labute approximate surface area is 185 Å². The van der Waals surface area contributed by atoms with Crippen molar-refractivity contribution in [1.29, 1.82) is 0 Å². The highest BCUT2D eigenvalue weighted by molar-refractivity contribution is 5.91. The first-order valence-electron chi connectivity index (χ1n) is 10.2. The summed E-state index contributed by atoms with van der Waals surface area (Å²) >= 11 is 0. The molecule has 0 aromatic heterocycles. The maximum atomic E-state index is 12.6. The fourth-order valence-electron chi connectivity index (χ4n) is 3.73. The van der Waals surface area contributed by atoms with E-state index < -0.39 is 11.8 Å². The summed E-state index contributed by atoms with van der Waals surface area (Å²) in [5.74, 6) is -1.59. The van der Waals surface area contributed by atoms with Crippen molar-refractivity contribution in [1.82, 2.24) is 0 Å². The van der Waals surface area contributed by atoms with E-state index in [0.29, 0.717) is 0 Å². The molecule has 0 amide bonds. The van der Waals surface area contributed by atoms with E-state index in [2.05, 4.69) is 0 Å². The number of rotatable bonds is 5. The fourth-order valence-corrected chi connectivity index (χ4v) is 3.73. The van der Waals surface area contributed by atoms with Gasteiger partial charge in [0.1, 0.15) is 6.61 Å². The zero-order valence-corrected chi connectivity index (χ0v) is 17.1. The minimum absolute atomic E-state index is 0.132. The number of ether oxygens (including phenoxy) is 3. The van der Waals surface area contributed by atoms with Gasteiger partial charge in [-0.25, -0.2) is 4.79 Å². The third-order valence-corrected chi connectivity index (χ3v) is 5.29. The van der Waals surface area contributed by atoms with Gasteiger partial charge in [0.05, 0.1) is 5.56 Å². The number of carbonyl (C=O) groups excluding carboxylic acids is 1. The van der Waals surface area contributed by atoms with Gasteiger partial charge in [-0.3, -0.25) is 0 Å². The lowest BCUT2D eigenvalue weighted by molar-refractivity contribution is -0.0467. The van der Waals surface area contributed by atoms with E-state index in [1.54, 1.807) is 0 Å². The minimum atomic E-state index is -1.28. The van der Waals surface area contributed by atoms with Crippen molar-refractivity contribution >= 4 is 5.97 Å². The van der Waals surface area contributed by atoms with Gasteiger partial charge in [0.25, 0.3) is 0 Å². The standard InChI is InChI=1S/C27H20O5/c28-23-16-20(26(29)30-18-19-10-4-1-5-11-19)17-24-25(23)32-27(31-24,21-12-6-2-7-13-21)22-14-8-3-9-15-22/h1-17,28H,18H2. The molecule has 0 aliphatic carbocycles. The summed E-state index contributed by atoms with van der Waals surface area (Å²) in [7, 11) is 0. The van der Waals surface area contributed by atoms with E-state index in [1.807, 2.05) is 91.0 Å². The molecule has 1 aliphatic rings. The molecule has 158 valence electrons. The van der Waals surface area contributed by atoms with Crippen LogP contribution in [0, 0.1) is 0 Å². The van der Waals surface area contributed by atoms with Crippen LogP contribution in [-0.2, 0) is 17.1 Å². The van der Waals surface area contributed by atoms with Crippen LogP contribution in [0.25, 0.3) is 0 Å². The van der Waals surface area contributed by atoms with Gasteiger partial charge in [0.15, 0.2) is 11.5 Å². The van der Waals surface area contributed by atoms with Crippen molar-refractivity contribution in [2.75, 3.05) is 0 Å². The van der Waals surface area contributed by atoms with Crippen LogP contribution in [-0.4, -0.2) is 11.1 Å². The molecule has 0 radical (unpaired) electrons. The first kappa shape index (κ1) is 19.7. The molecule has 1 heterocycles. The normalized spacial score (nSPS) is 13.5. The van der Waals surface area contributed by atoms with Gasteiger partial charge in [0, 0.05) is 11.1 Å². The van der Waals surface area contributed by atoms with Crippen molar-refractivity contribution in [3.05, 3.63) is 125 Å². The highest BCUT2D eigenvalue weighted by atomic mass is 16.7. The summed E-state index contributed by atoms with van der Waals surface area (Å²) < 4.78 is 18.0. The molecule has 0 spiro atoms. The number of phenols is 1. The van der Waals surface area contributed by atoms with Gasteiger partial charge in [-0.2, -0.15) is 0 Å². The molecule has 0 bridgehead atoms. The Balaban J connectivity index is 1.48. The van der Waals surface area contributed by atoms with E-state index in [1.165, 1.54) is 12.1 Å². The maximum absolute atomic E-state index is 12.6. The van der Waals surface area contributed by atoms with Gasteiger partial charge in [-0.15, -0.1) is 0 Å². The summed E-state index contributed by atoms with van der Waals surface area (Å²) in [5.41, 5.74) is 2.57. The van der Waals surface area contributed by atoms with E-state index in [0.717, 1.165) is 16.7 Å². The molecule has 0 saturated heterocycles. The van der Waals surface area contributed by atoms with Gasteiger partial charge in [-0.1, -0.05) is 91.0 Å². The minimum Gasteiger partial charge on any atom is -0.504 e. The number of esters is 1. The molecule has 0 unspecified atom stereocenters. The molecule has 5 heteroatoms. The van der Waals surface area contributed by atoms with Crippen LogP contribution in [0.3, 0.4) is 0 Å². The lowest BCUT2D eigenvalue weighted by atomic mass is 9.97. The number of carbonyl (C=O) groups is 1. The number of fused-ring (bicyclic) bond motifs is 1. The average molecular weight is 424 g/mol. The Morgan fingerprint density at radius 3 is 1.94 bits per heavy atom. The molecule has 4 aromatic rings. The average Bonchev–Trinajstić information content (AvgIpc) is 3.26. The molecule has 5 rings (SSSR count). The number of hydrogen-bond donors (Lipinski definition) is 1. The van der Waals surface area contributed by atoms with Gasteiger partial charge >= 0.3 is 11.8 Å². The molecule has 0 atom stereocenters. The van der Waals surface area contributed by atoms with Crippen LogP contribution in [0.2, 0.25) is 0 Å². The fraction of sp³-hybridized carbons (Fsp3) is 0.0741. The topological polar surface area (TPSA) is 65.0 Å². The Kier molecular flexibility index (Phi) is 5.00. The zero-order valence-electron chi connectivity index (χ0n) is 17.1. The Morgan fingerprint density at radius 1 is 0.781 bits per heavy atom. The van der Waals surface area contributed by atoms with Crippen LogP contribution in [0.1, 0.15) is 27.0 Å². The van der Waals surface area contributed by atoms with Crippen molar-refractivity contribution in [3.63, 3.8) is 0 Å². The molecule has 0 saturated carbocycles. The Hall–Kier alpha value is -4.25. The van der Waals surface area contributed by atoms with E-state index in [-0.39, 0.29) is 29.4 Å². The smallest absolute Gasteiger partial charge is 0.338 e. The summed E-state index contributed by atoms with van der Waals surface area (Å²) in [6.45, 7) is 0.132. The van der Waals surface area contributed by atoms with Crippen LogP contribution < -0.4 is 9.47 Å². The van der Waals surface area contributed by atoms with Crippen molar-refractivity contribution < 1.29 is 24.1 Å². The van der Waals surface area contributed by atoms with Gasteiger partial charge in [-0.05, 0) is 17.7 Å². The van der Waals surface area contributed by atoms with Crippen LogP contribution in [0.15, 0.2) is 103 Å². The SMILES string of the molecule is O=C(OCc1ccccc1)c1cc(O)c2c(c1)OC(c1ccccc1)(c1ccccc1)O2. The van der Waals surface area contributed by atoms with Crippen molar-refractivity contribution in [3.8, 4) is 17.2 Å². The van der Waals surface area contributed by atoms with Gasteiger partial charge < -0.3 is 19.3 Å². The molecule has 0 fully saturated rings. The zero-order chi connectivity index (χ0) is 22.0. The second-order valence-corrected chi connectivity index (χ2v) is 7.44. The molecule has 1 N–H and O–H groups in total. The predicted octanol–water partition coefficient (Wildman–Crippen LogP) is 5.42.